The fraction of sp³-hybridized carbons (Fsp3) is 0.591. The molecule has 1 saturated heterocycles. The van der Waals surface area contributed by atoms with Crippen LogP contribution < -0.4 is 10.6 Å². The summed E-state index contributed by atoms with van der Waals surface area (Å²) < 4.78 is 0. The van der Waals surface area contributed by atoms with Gasteiger partial charge in [-0.25, -0.2) is 0 Å². The van der Waals surface area contributed by atoms with Crippen molar-refractivity contribution >= 4 is 18.6 Å². The molecule has 1 atom stereocenters. The first-order valence-corrected chi connectivity index (χ1v) is 10.3. The van der Waals surface area contributed by atoms with Crippen LogP contribution in [0.4, 0.5) is 0 Å². The van der Waals surface area contributed by atoms with Gasteiger partial charge < -0.3 is 5.32 Å². The molecule has 156 valence electrons. The lowest BCUT2D eigenvalue weighted by molar-refractivity contribution is -0.125. The first-order chi connectivity index (χ1) is 13.5. The molecule has 2 rings (SSSR count). The molecule has 2 N–H and O–H groups in total. The molecule has 0 spiro atoms. The van der Waals surface area contributed by atoms with Gasteiger partial charge in [-0.3, -0.25) is 24.6 Å². The Morgan fingerprint density at radius 3 is 2.57 bits per heavy atom. The Bertz CT molecular complexity index is 627. The molecule has 6 heteroatoms. The Kier molecular flexibility index (Phi) is 11.3. The molecule has 1 fully saturated rings. The second-order valence-electron chi connectivity index (χ2n) is 7.09. The van der Waals surface area contributed by atoms with E-state index in [0.29, 0.717) is 31.7 Å². The van der Waals surface area contributed by atoms with Gasteiger partial charge >= 0.3 is 0 Å². The number of nitrogens with zero attached hydrogens (tertiary/aromatic N) is 1. The monoisotopic (exact) mass is 389 g/mol. The lowest BCUT2D eigenvalue weighted by atomic mass is 9.88. The third-order valence-corrected chi connectivity index (χ3v) is 5.29. The summed E-state index contributed by atoms with van der Waals surface area (Å²) in [6.45, 7) is 8.78. The summed E-state index contributed by atoms with van der Waals surface area (Å²) >= 11 is 0. The zero-order valence-corrected chi connectivity index (χ0v) is 17.7. The first kappa shape index (κ1) is 24.0. The van der Waals surface area contributed by atoms with Crippen LogP contribution in [0.3, 0.4) is 0 Å². The van der Waals surface area contributed by atoms with E-state index in [-0.39, 0.29) is 11.9 Å². The van der Waals surface area contributed by atoms with Gasteiger partial charge in [-0.1, -0.05) is 32.0 Å². The number of aldehydes is 1. The quantitative estimate of drug-likeness (QED) is 0.635. The summed E-state index contributed by atoms with van der Waals surface area (Å²) in [7, 11) is 1.99. The Morgan fingerprint density at radius 2 is 1.96 bits per heavy atom. The zero-order chi connectivity index (χ0) is 20.9. The summed E-state index contributed by atoms with van der Waals surface area (Å²) in [4.78, 5) is 35.3. The second-order valence-corrected chi connectivity index (χ2v) is 7.09. The SMILES string of the molecule is CC.CC(CCC(=O)NC=O)N(C)Cc1cc(C2CCNCC2)ccc1C=O. The summed E-state index contributed by atoms with van der Waals surface area (Å²) in [6, 6.07) is 6.34. The number of amides is 2. The molecule has 1 aromatic carbocycles. The van der Waals surface area contributed by atoms with Crippen molar-refractivity contribution in [3.8, 4) is 0 Å². The molecule has 0 aromatic heterocycles. The third-order valence-electron chi connectivity index (χ3n) is 5.29. The van der Waals surface area contributed by atoms with Crippen LogP contribution >= 0.6 is 0 Å². The van der Waals surface area contributed by atoms with Crippen LogP contribution in [-0.2, 0) is 16.1 Å². The fourth-order valence-corrected chi connectivity index (χ4v) is 3.41. The van der Waals surface area contributed by atoms with Gasteiger partial charge in [0, 0.05) is 24.6 Å². The topological polar surface area (TPSA) is 78.5 Å². The Morgan fingerprint density at radius 1 is 1.29 bits per heavy atom. The molecule has 0 aliphatic carbocycles. The smallest absolute Gasteiger partial charge is 0.226 e. The maximum atomic E-state index is 11.4. The second kappa shape index (κ2) is 13.2. The fourth-order valence-electron chi connectivity index (χ4n) is 3.41. The molecule has 1 heterocycles. The number of carbonyl (C=O) groups excluding carboxylic acids is 3. The summed E-state index contributed by atoms with van der Waals surface area (Å²) in [6.07, 6.45) is 4.54. The molecule has 0 saturated carbocycles. The van der Waals surface area contributed by atoms with Crippen LogP contribution in [0.25, 0.3) is 0 Å². The number of piperidine rings is 1. The molecular weight excluding hydrogens is 354 g/mol. The van der Waals surface area contributed by atoms with Gasteiger partial charge in [0.05, 0.1) is 0 Å². The number of carbonyl (C=O) groups is 3. The van der Waals surface area contributed by atoms with Crippen LogP contribution in [0.1, 0.15) is 73.9 Å². The third kappa shape index (κ3) is 7.52. The number of imide groups is 1. The van der Waals surface area contributed by atoms with Crippen LogP contribution in [0.15, 0.2) is 18.2 Å². The normalized spacial score (nSPS) is 15.3. The maximum absolute atomic E-state index is 11.4. The highest BCUT2D eigenvalue weighted by atomic mass is 16.2. The first-order valence-electron chi connectivity index (χ1n) is 10.3. The van der Waals surface area contributed by atoms with Crippen molar-refractivity contribution in [2.24, 2.45) is 0 Å². The van der Waals surface area contributed by atoms with E-state index in [1.54, 1.807) is 0 Å². The van der Waals surface area contributed by atoms with E-state index in [2.05, 4.69) is 27.7 Å². The van der Waals surface area contributed by atoms with E-state index in [0.717, 1.165) is 43.3 Å². The van der Waals surface area contributed by atoms with Gasteiger partial charge in [0.25, 0.3) is 0 Å². The van der Waals surface area contributed by atoms with Crippen molar-refractivity contribution in [1.82, 2.24) is 15.5 Å². The van der Waals surface area contributed by atoms with Crippen molar-refractivity contribution in [1.29, 1.82) is 0 Å². The molecule has 1 aliphatic rings. The molecule has 28 heavy (non-hydrogen) atoms. The predicted molar refractivity (Wildman–Crippen MR) is 112 cm³/mol. The number of benzene rings is 1. The van der Waals surface area contributed by atoms with Crippen molar-refractivity contribution < 1.29 is 14.4 Å². The van der Waals surface area contributed by atoms with Gasteiger partial charge in [-0.2, -0.15) is 0 Å². The number of hydrogen-bond acceptors (Lipinski definition) is 5. The average molecular weight is 390 g/mol. The minimum Gasteiger partial charge on any atom is -0.317 e. The highest BCUT2D eigenvalue weighted by molar-refractivity contribution is 5.85. The summed E-state index contributed by atoms with van der Waals surface area (Å²) in [5.74, 6) is 0.284. The lowest BCUT2D eigenvalue weighted by Crippen LogP contribution is -2.31. The van der Waals surface area contributed by atoms with Crippen molar-refractivity contribution in [3.05, 3.63) is 34.9 Å². The van der Waals surface area contributed by atoms with Crippen molar-refractivity contribution in [2.75, 3.05) is 20.1 Å². The van der Waals surface area contributed by atoms with E-state index in [1.807, 2.05) is 33.9 Å². The lowest BCUT2D eigenvalue weighted by Gasteiger charge is -2.27. The van der Waals surface area contributed by atoms with Gasteiger partial charge in [0.2, 0.25) is 12.3 Å². The number of nitrogens with one attached hydrogen (secondary N) is 2. The van der Waals surface area contributed by atoms with Crippen LogP contribution in [0.5, 0.6) is 0 Å². The van der Waals surface area contributed by atoms with Crippen molar-refractivity contribution in [3.63, 3.8) is 0 Å². The highest BCUT2D eigenvalue weighted by Crippen LogP contribution is 2.27. The van der Waals surface area contributed by atoms with E-state index < -0.39 is 0 Å². The molecule has 6 nitrogen and oxygen atoms in total. The standard InChI is InChI=1S/C20H29N3O3.C2H6/c1-15(3-6-20(26)22-14-25)23(2)12-19-11-17(4-5-18(19)13-24)16-7-9-21-10-8-16;1-2/h4-5,11,13-16,21H,3,6-10,12H2,1-2H3,(H,22,25,26);1-2H3. The van der Waals surface area contributed by atoms with E-state index in [9.17, 15) is 14.4 Å². The largest absolute Gasteiger partial charge is 0.317 e. The Balaban J connectivity index is 0.00000190. The molecule has 1 unspecified atom stereocenters. The van der Waals surface area contributed by atoms with Gasteiger partial charge in [-0.15, -0.1) is 0 Å². The van der Waals surface area contributed by atoms with Crippen LogP contribution in [0, 0.1) is 0 Å². The van der Waals surface area contributed by atoms with Gasteiger partial charge in [0.15, 0.2) is 0 Å². The van der Waals surface area contributed by atoms with Crippen LogP contribution in [0.2, 0.25) is 0 Å². The molecule has 2 amide bonds. The minimum absolute atomic E-state index is 0.162. The highest BCUT2D eigenvalue weighted by Gasteiger charge is 2.18. The van der Waals surface area contributed by atoms with Crippen molar-refractivity contribution in [2.45, 2.75) is 65.0 Å². The summed E-state index contributed by atoms with van der Waals surface area (Å²) in [5, 5.41) is 5.54. The number of hydrogen-bond donors (Lipinski definition) is 2. The number of rotatable bonds is 9. The van der Waals surface area contributed by atoms with Gasteiger partial charge in [-0.05, 0) is 63.4 Å². The molecule has 0 bridgehead atoms. The summed E-state index contributed by atoms with van der Waals surface area (Å²) in [5.41, 5.74) is 3.06. The van der Waals surface area contributed by atoms with E-state index in [1.165, 1.54) is 5.56 Å². The van der Waals surface area contributed by atoms with E-state index >= 15 is 0 Å². The minimum atomic E-state index is -0.262. The zero-order valence-electron chi connectivity index (χ0n) is 17.7. The molecule has 1 aromatic rings. The Hall–Kier alpha value is -2.05. The maximum Gasteiger partial charge on any atom is 0.226 e. The van der Waals surface area contributed by atoms with Gasteiger partial charge in [0.1, 0.15) is 6.29 Å². The van der Waals surface area contributed by atoms with Crippen LogP contribution in [-0.4, -0.2) is 49.7 Å². The molecular formula is C22H35N3O3. The predicted octanol–water partition coefficient (Wildman–Crippen LogP) is 2.87. The van der Waals surface area contributed by atoms with E-state index in [4.69, 9.17) is 0 Å². The molecule has 0 radical (unpaired) electrons. The average Bonchev–Trinajstić information content (AvgIpc) is 2.74. The molecule has 1 aliphatic heterocycles. The Labute approximate surface area is 169 Å².